The van der Waals surface area contributed by atoms with Crippen molar-refractivity contribution < 1.29 is 34.0 Å². The number of hydroxylamine groups is 1. The van der Waals surface area contributed by atoms with Crippen LogP contribution in [0.15, 0.2) is 41.6 Å². The lowest BCUT2D eigenvalue weighted by Gasteiger charge is -2.28. The summed E-state index contributed by atoms with van der Waals surface area (Å²) >= 11 is 0. The summed E-state index contributed by atoms with van der Waals surface area (Å²) < 4.78 is 10.5. The molecule has 3 amide bonds. The lowest BCUT2D eigenvalue weighted by Crippen LogP contribution is -2.40. The van der Waals surface area contributed by atoms with Crippen molar-refractivity contribution in [1.82, 2.24) is 15.3 Å². The van der Waals surface area contributed by atoms with Gasteiger partial charge in [0.1, 0.15) is 11.5 Å². The molecule has 0 aliphatic heterocycles. The summed E-state index contributed by atoms with van der Waals surface area (Å²) in [5.74, 6) is 0.310. The van der Waals surface area contributed by atoms with E-state index < -0.39 is 5.91 Å². The highest BCUT2D eigenvalue weighted by molar-refractivity contribution is 5.96. The van der Waals surface area contributed by atoms with Gasteiger partial charge in [0.05, 0.1) is 24.7 Å². The van der Waals surface area contributed by atoms with Gasteiger partial charge in [-0.3, -0.25) is 10.0 Å². The molecule has 36 heavy (non-hydrogen) atoms. The average molecular weight is 507 g/mol. The number of amides is 3. The number of carbonyl (C=O) groups excluding carboxylic acids is 2. The highest BCUT2D eigenvalue weighted by Gasteiger charge is 2.21. The van der Waals surface area contributed by atoms with Crippen molar-refractivity contribution in [1.29, 1.82) is 0 Å². The van der Waals surface area contributed by atoms with Gasteiger partial charge < -0.3 is 24.6 Å². The smallest absolute Gasteiger partial charge is 0.321 e. The third-order valence-corrected chi connectivity index (χ3v) is 4.93. The van der Waals surface area contributed by atoms with Crippen molar-refractivity contribution in [2.75, 3.05) is 59.9 Å². The molecule has 0 spiro atoms. The Morgan fingerprint density at radius 2 is 1.69 bits per heavy atom. The number of carbonyl (C=O) groups is 2. The Morgan fingerprint density at radius 3 is 2.14 bits per heavy atom. The van der Waals surface area contributed by atoms with E-state index in [1.54, 1.807) is 53.5 Å². The minimum absolute atomic E-state index is 0.0846. The average Bonchev–Trinajstić information content (AvgIpc) is 2.91. The molecule has 0 aliphatic carbocycles. The molecule has 0 aromatic heterocycles. The standard InChI is InChI=1S/C22H33N5O7.C2H2/c1-7-20(19(21(28)24-30)9-10-27(31)34-6)25(3)11-12-26(8-2)22(29)23-16-13-17(32-4)15-18(14-16)33-5;1-2/h7,9,13-15H,8,10-12H2,1-6H3,(H2-,23,24,28,29,30);1-2H/p+1/b19-9+,20-7+;. The van der Waals surface area contributed by atoms with Crippen LogP contribution in [0.4, 0.5) is 10.5 Å². The second kappa shape index (κ2) is 17.2. The van der Waals surface area contributed by atoms with Gasteiger partial charge in [0.15, 0.2) is 7.11 Å². The Labute approximate surface area is 212 Å². The van der Waals surface area contributed by atoms with E-state index in [1.165, 1.54) is 27.4 Å². The van der Waals surface area contributed by atoms with Crippen LogP contribution in [0.2, 0.25) is 0 Å². The van der Waals surface area contributed by atoms with Gasteiger partial charge >= 0.3 is 6.03 Å². The van der Waals surface area contributed by atoms with E-state index in [-0.39, 0.29) is 23.1 Å². The quantitative estimate of drug-likeness (QED) is 0.122. The number of hydrogen-bond acceptors (Lipinski definition) is 8. The zero-order chi connectivity index (χ0) is 27.7. The first-order valence-electron chi connectivity index (χ1n) is 10.9. The predicted octanol–water partition coefficient (Wildman–Crippen LogP) is 2.41. The van der Waals surface area contributed by atoms with Crippen LogP contribution < -0.4 is 20.3 Å². The van der Waals surface area contributed by atoms with Gasteiger partial charge in [-0.25, -0.2) is 15.1 Å². The minimum atomic E-state index is -0.776. The lowest BCUT2D eigenvalue weighted by atomic mass is 10.1. The van der Waals surface area contributed by atoms with Gasteiger partial charge in [-0.15, -0.1) is 12.8 Å². The number of likely N-dealkylation sites (N-methyl/N-ethyl adjacent to an activating group) is 2. The third kappa shape index (κ3) is 9.94. The van der Waals surface area contributed by atoms with Crippen LogP contribution in [-0.2, 0) is 9.63 Å². The fourth-order valence-electron chi connectivity index (χ4n) is 3.07. The van der Waals surface area contributed by atoms with E-state index in [2.05, 4.69) is 23.0 Å². The van der Waals surface area contributed by atoms with Crippen molar-refractivity contribution >= 4 is 17.6 Å². The first kappa shape index (κ1) is 31.8. The Kier molecular flexibility index (Phi) is 15.2. The molecule has 0 saturated heterocycles. The largest absolute Gasteiger partial charge is 0.497 e. The van der Waals surface area contributed by atoms with E-state index in [0.29, 0.717) is 42.5 Å². The fourth-order valence-corrected chi connectivity index (χ4v) is 3.07. The van der Waals surface area contributed by atoms with Gasteiger partial charge in [-0.1, -0.05) is 6.08 Å². The van der Waals surface area contributed by atoms with Gasteiger partial charge in [-0.2, -0.15) is 0 Å². The topological polar surface area (TPSA) is 133 Å². The first-order chi connectivity index (χ1) is 17.2. The summed E-state index contributed by atoms with van der Waals surface area (Å²) in [6, 6.07) is 4.75. The second-order valence-corrected chi connectivity index (χ2v) is 6.96. The van der Waals surface area contributed by atoms with Crippen LogP contribution in [0.1, 0.15) is 13.8 Å². The van der Waals surface area contributed by atoms with Crippen LogP contribution in [0, 0.1) is 17.8 Å². The molecule has 3 N–H and O–H groups in total. The maximum atomic E-state index is 12.8. The first-order valence-corrected chi connectivity index (χ1v) is 10.9. The predicted molar refractivity (Wildman–Crippen MR) is 136 cm³/mol. The molecule has 0 saturated carbocycles. The molecule has 1 aromatic rings. The summed E-state index contributed by atoms with van der Waals surface area (Å²) in [7, 11) is 5.99. The van der Waals surface area contributed by atoms with E-state index in [1.807, 2.05) is 6.92 Å². The van der Waals surface area contributed by atoms with E-state index >= 15 is 0 Å². The van der Waals surface area contributed by atoms with E-state index in [9.17, 15) is 14.5 Å². The summed E-state index contributed by atoms with van der Waals surface area (Å²) in [6.07, 6.45) is 11.0. The molecule has 0 radical (unpaired) electrons. The molecule has 0 unspecified atom stereocenters. The molecule has 0 heterocycles. The molecule has 0 aliphatic rings. The number of rotatable bonds is 13. The van der Waals surface area contributed by atoms with Crippen LogP contribution in [-0.4, -0.2) is 86.4 Å². The highest BCUT2D eigenvalue weighted by Crippen LogP contribution is 2.26. The van der Waals surface area contributed by atoms with Crippen molar-refractivity contribution in [3.05, 3.63) is 46.5 Å². The SMILES string of the molecule is C#C.C/C=C(\C(=C/C[N+](=O)OC)C(=O)NO)N(C)CCN(CC)C(=O)Nc1cc(OC)cc(OC)c1. The van der Waals surface area contributed by atoms with Crippen molar-refractivity contribution in [2.45, 2.75) is 13.8 Å². The fraction of sp³-hybridized carbons (Fsp3) is 0.417. The van der Waals surface area contributed by atoms with Crippen LogP contribution >= 0.6 is 0 Å². The number of nitrogens with zero attached hydrogens (tertiary/aromatic N) is 3. The van der Waals surface area contributed by atoms with Crippen molar-refractivity contribution in [3.63, 3.8) is 0 Å². The molecule has 0 fully saturated rings. The molecule has 1 rings (SSSR count). The van der Waals surface area contributed by atoms with Gasteiger partial charge in [0.25, 0.3) is 12.5 Å². The van der Waals surface area contributed by atoms with Gasteiger partial charge in [0.2, 0.25) is 4.92 Å². The number of urea groups is 1. The maximum Gasteiger partial charge on any atom is 0.321 e. The number of nitrogens with one attached hydrogen (secondary N) is 2. The number of benzene rings is 1. The lowest BCUT2D eigenvalue weighted by molar-refractivity contribution is -0.790. The molecule has 12 heteroatoms. The summed E-state index contributed by atoms with van der Waals surface area (Å²) in [4.78, 5) is 44.6. The molecule has 0 atom stereocenters. The summed E-state index contributed by atoms with van der Waals surface area (Å²) in [5.41, 5.74) is 2.65. The normalized spacial score (nSPS) is 10.8. The number of hydrogen-bond donors (Lipinski definition) is 3. The minimum Gasteiger partial charge on any atom is -0.497 e. The van der Waals surface area contributed by atoms with Gasteiger partial charge in [0, 0.05) is 62.3 Å². The van der Waals surface area contributed by atoms with Crippen LogP contribution in [0.25, 0.3) is 0 Å². The molecular weight excluding hydrogens is 470 g/mol. The molecular formula is C24H36N5O7+. The third-order valence-electron chi connectivity index (χ3n) is 4.93. The van der Waals surface area contributed by atoms with Crippen molar-refractivity contribution in [2.24, 2.45) is 0 Å². The monoisotopic (exact) mass is 506 g/mol. The summed E-state index contributed by atoms with van der Waals surface area (Å²) in [5, 5.41) is 11.9. The Hall–Kier alpha value is -4.24. The number of methoxy groups -OCH3 is 2. The van der Waals surface area contributed by atoms with E-state index in [0.717, 1.165) is 0 Å². The summed E-state index contributed by atoms with van der Waals surface area (Å²) in [6.45, 7) is 4.47. The zero-order valence-electron chi connectivity index (χ0n) is 21.6. The van der Waals surface area contributed by atoms with Gasteiger partial charge in [-0.05, 0) is 13.8 Å². The Morgan fingerprint density at radius 1 is 1.11 bits per heavy atom. The maximum absolute atomic E-state index is 12.8. The van der Waals surface area contributed by atoms with Crippen molar-refractivity contribution in [3.8, 4) is 24.3 Å². The number of allylic oxidation sites excluding steroid dienone is 1. The number of ether oxygens (including phenoxy) is 2. The molecule has 198 valence electrons. The molecule has 12 nitrogen and oxygen atoms in total. The Balaban J connectivity index is 0.00000596. The van der Waals surface area contributed by atoms with Crippen LogP contribution in [0.5, 0.6) is 11.5 Å². The number of terminal acetylenes is 1. The van der Waals surface area contributed by atoms with Crippen LogP contribution in [0.3, 0.4) is 0 Å². The number of anilines is 1. The molecule has 0 bridgehead atoms. The Bertz CT molecular complexity index is 937. The zero-order valence-corrected chi connectivity index (χ0v) is 21.6. The second-order valence-electron chi connectivity index (χ2n) is 6.96. The molecule has 1 aromatic carbocycles. The highest BCUT2D eigenvalue weighted by atomic mass is 16.8. The van der Waals surface area contributed by atoms with E-state index in [4.69, 9.17) is 14.7 Å².